The van der Waals surface area contributed by atoms with Crippen molar-refractivity contribution in [2.75, 3.05) is 0 Å². The van der Waals surface area contributed by atoms with Crippen LogP contribution in [0.1, 0.15) is 59.1 Å². The molecule has 0 saturated carbocycles. The van der Waals surface area contributed by atoms with Crippen LogP contribution in [0.4, 0.5) is 0 Å². The highest BCUT2D eigenvalue weighted by atomic mass is 15.2. The molecular weight excluding hydrogens is 232 g/mol. The van der Waals surface area contributed by atoms with Crippen molar-refractivity contribution in [3.63, 3.8) is 0 Å². The van der Waals surface area contributed by atoms with Gasteiger partial charge in [0.1, 0.15) is 6.20 Å². The maximum Gasteiger partial charge on any atom is 0.204 e. The minimum absolute atomic E-state index is 0.614. The van der Waals surface area contributed by atoms with Crippen LogP contribution in [0.5, 0.6) is 0 Å². The molecule has 0 atom stereocenters. The predicted octanol–water partition coefficient (Wildman–Crippen LogP) is 4.51. The Morgan fingerprint density at radius 2 is 1.89 bits per heavy atom. The maximum atomic E-state index is 4.44. The fourth-order valence-electron chi connectivity index (χ4n) is 1.66. The summed E-state index contributed by atoms with van der Waals surface area (Å²) in [7, 11) is 0. The molecule has 106 valence electrons. The van der Waals surface area contributed by atoms with Gasteiger partial charge in [0, 0.05) is 17.0 Å². The SMILES string of the molecule is C/C=C\c1cn[n+](CC(C)C)cc1/C=C\CC.CC. The molecule has 1 aromatic heterocycles. The minimum atomic E-state index is 0.614. The van der Waals surface area contributed by atoms with Crippen molar-refractivity contribution in [3.8, 4) is 0 Å². The fourth-order valence-corrected chi connectivity index (χ4v) is 1.66. The van der Waals surface area contributed by atoms with Gasteiger partial charge in [-0.25, -0.2) is 0 Å². The fraction of sp³-hybridized carbons (Fsp3) is 0.529. The van der Waals surface area contributed by atoms with Crippen molar-refractivity contribution in [1.29, 1.82) is 0 Å². The first-order chi connectivity index (χ1) is 9.17. The van der Waals surface area contributed by atoms with Crippen LogP contribution in [0.3, 0.4) is 0 Å². The number of aromatic nitrogens is 2. The molecule has 0 bridgehead atoms. The van der Waals surface area contributed by atoms with Crippen molar-refractivity contribution in [1.82, 2.24) is 5.10 Å². The molecule has 0 unspecified atom stereocenters. The summed E-state index contributed by atoms with van der Waals surface area (Å²) in [5.74, 6) is 0.614. The number of allylic oxidation sites excluding steroid dienone is 2. The van der Waals surface area contributed by atoms with Crippen molar-refractivity contribution < 1.29 is 4.68 Å². The molecule has 1 heterocycles. The van der Waals surface area contributed by atoms with Gasteiger partial charge in [-0.1, -0.05) is 63.6 Å². The Morgan fingerprint density at radius 1 is 1.21 bits per heavy atom. The van der Waals surface area contributed by atoms with Gasteiger partial charge in [0.25, 0.3) is 0 Å². The Morgan fingerprint density at radius 3 is 2.42 bits per heavy atom. The smallest absolute Gasteiger partial charge is 0.0904 e. The van der Waals surface area contributed by atoms with E-state index in [0.717, 1.165) is 13.0 Å². The van der Waals surface area contributed by atoms with Crippen LogP contribution < -0.4 is 4.68 Å². The second-order valence-corrected chi connectivity index (χ2v) is 4.61. The molecule has 1 aromatic rings. The molecule has 2 nitrogen and oxygen atoms in total. The number of rotatable bonds is 5. The van der Waals surface area contributed by atoms with Gasteiger partial charge in [-0.15, -0.1) is 0 Å². The quantitative estimate of drug-likeness (QED) is 0.713. The molecule has 2 heteroatoms. The zero-order chi connectivity index (χ0) is 14.7. The van der Waals surface area contributed by atoms with Gasteiger partial charge in [-0.2, -0.15) is 0 Å². The highest BCUT2D eigenvalue weighted by Crippen LogP contribution is 2.10. The Labute approximate surface area is 118 Å². The van der Waals surface area contributed by atoms with Crippen LogP contribution in [0.2, 0.25) is 0 Å². The van der Waals surface area contributed by atoms with Crippen LogP contribution in [0, 0.1) is 5.92 Å². The Kier molecular flexibility index (Phi) is 9.69. The topological polar surface area (TPSA) is 16.8 Å². The molecule has 0 saturated heterocycles. The lowest BCUT2D eigenvalue weighted by Gasteiger charge is -2.01. The zero-order valence-corrected chi connectivity index (χ0v) is 13.4. The van der Waals surface area contributed by atoms with Gasteiger partial charge in [0.05, 0.1) is 0 Å². The highest BCUT2D eigenvalue weighted by Gasteiger charge is 2.09. The first-order valence-electron chi connectivity index (χ1n) is 7.36. The third kappa shape index (κ3) is 6.90. The largest absolute Gasteiger partial charge is 0.204 e. The number of nitrogens with zero attached hydrogens (tertiary/aromatic N) is 2. The van der Waals surface area contributed by atoms with Crippen LogP contribution in [-0.2, 0) is 6.54 Å². The minimum Gasteiger partial charge on any atom is -0.0904 e. The van der Waals surface area contributed by atoms with Crippen molar-refractivity contribution in [2.24, 2.45) is 5.92 Å². The molecular formula is C17H29N2+. The van der Waals surface area contributed by atoms with E-state index < -0.39 is 0 Å². The molecule has 0 aliphatic heterocycles. The second-order valence-electron chi connectivity index (χ2n) is 4.61. The highest BCUT2D eigenvalue weighted by molar-refractivity contribution is 5.62. The van der Waals surface area contributed by atoms with Gasteiger partial charge >= 0.3 is 0 Å². The van der Waals surface area contributed by atoms with Gasteiger partial charge in [-0.3, -0.25) is 0 Å². The first-order valence-corrected chi connectivity index (χ1v) is 7.36. The van der Waals surface area contributed by atoms with E-state index in [1.165, 1.54) is 11.1 Å². The van der Waals surface area contributed by atoms with Crippen molar-refractivity contribution in [3.05, 3.63) is 35.7 Å². The van der Waals surface area contributed by atoms with Gasteiger partial charge in [0.15, 0.2) is 6.54 Å². The molecule has 0 aromatic carbocycles. The molecule has 1 rings (SSSR count). The zero-order valence-electron chi connectivity index (χ0n) is 13.4. The van der Waals surface area contributed by atoms with Crippen LogP contribution >= 0.6 is 0 Å². The maximum absolute atomic E-state index is 4.44. The number of hydrogen-bond acceptors (Lipinski definition) is 1. The summed E-state index contributed by atoms with van der Waals surface area (Å²) in [5.41, 5.74) is 2.41. The molecule has 0 aliphatic carbocycles. The molecule has 0 aliphatic rings. The van der Waals surface area contributed by atoms with E-state index in [9.17, 15) is 0 Å². The molecule has 0 amide bonds. The summed E-state index contributed by atoms with van der Waals surface area (Å²) in [6, 6.07) is 0. The Balaban J connectivity index is 0.00000154. The average molecular weight is 261 g/mol. The van der Waals surface area contributed by atoms with E-state index >= 15 is 0 Å². The monoisotopic (exact) mass is 261 g/mol. The van der Waals surface area contributed by atoms with Crippen LogP contribution in [0.15, 0.2) is 24.5 Å². The molecule has 0 N–H and O–H groups in total. The predicted molar refractivity (Wildman–Crippen MR) is 84.7 cm³/mol. The summed E-state index contributed by atoms with van der Waals surface area (Å²) >= 11 is 0. The lowest BCUT2D eigenvalue weighted by molar-refractivity contribution is -0.758. The molecule has 0 radical (unpaired) electrons. The third-order valence-electron chi connectivity index (χ3n) is 2.40. The average Bonchev–Trinajstić information content (AvgIpc) is 2.40. The summed E-state index contributed by atoms with van der Waals surface area (Å²) in [6.45, 7) is 13.5. The van der Waals surface area contributed by atoms with Crippen molar-refractivity contribution >= 4 is 12.2 Å². The standard InChI is InChI=1S/C15H23N2.C2H6/c1-5-7-9-15-12-17(11-13(3)4)16-10-14(15)8-6-2;1-2/h6-10,12-13H,5,11H2,1-4H3;1-2H3/q+1;/b8-6-,9-7-;. The second kappa shape index (κ2) is 10.5. The molecule has 0 fully saturated rings. The lowest BCUT2D eigenvalue weighted by Crippen LogP contribution is -2.40. The number of hydrogen-bond donors (Lipinski definition) is 0. The summed E-state index contributed by atoms with van der Waals surface area (Å²) in [5, 5.41) is 4.44. The van der Waals surface area contributed by atoms with Crippen molar-refractivity contribution in [2.45, 2.75) is 54.5 Å². The van der Waals surface area contributed by atoms with Crippen LogP contribution in [-0.4, -0.2) is 5.10 Å². The molecule has 0 spiro atoms. The van der Waals surface area contributed by atoms with E-state index in [0.29, 0.717) is 5.92 Å². The molecule has 19 heavy (non-hydrogen) atoms. The van der Waals surface area contributed by atoms with E-state index in [4.69, 9.17) is 0 Å². The van der Waals surface area contributed by atoms with E-state index in [2.05, 4.69) is 50.3 Å². The summed E-state index contributed by atoms with van der Waals surface area (Å²) in [6.07, 6.45) is 13.6. The normalized spacial score (nSPS) is 11.1. The van der Waals surface area contributed by atoms with E-state index in [-0.39, 0.29) is 0 Å². The lowest BCUT2D eigenvalue weighted by atomic mass is 10.1. The van der Waals surface area contributed by atoms with Gasteiger partial charge in [-0.05, 0) is 18.4 Å². The van der Waals surface area contributed by atoms with Crippen LogP contribution in [0.25, 0.3) is 12.2 Å². The summed E-state index contributed by atoms with van der Waals surface area (Å²) in [4.78, 5) is 0. The summed E-state index contributed by atoms with van der Waals surface area (Å²) < 4.78 is 2.02. The van der Waals surface area contributed by atoms with E-state index in [1.54, 1.807) is 0 Å². The van der Waals surface area contributed by atoms with Gasteiger partial charge < -0.3 is 0 Å². The third-order valence-corrected chi connectivity index (χ3v) is 2.40. The van der Waals surface area contributed by atoms with Gasteiger partial charge in [0.2, 0.25) is 6.20 Å². The van der Waals surface area contributed by atoms with E-state index in [1.807, 2.05) is 37.7 Å². The first kappa shape index (κ1) is 17.6. The Hall–Kier alpha value is -1.44. The Bertz CT molecular complexity index is 404.